The fourth-order valence-corrected chi connectivity index (χ4v) is 1.05. The Morgan fingerprint density at radius 2 is 2.21 bits per heavy atom. The van der Waals surface area contributed by atoms with Crippen LogP contribution in [0.1, 0.15) is 20.3 Å². The minimum atomic E-state index is -0.000300. The van der Waals surface area contributed by atoms with Gasteiger partial charge in [0.25, 0.3) is 0 Å². The SMILES string of the molecule is CCC(C)[C@@H](COCNCCN)NO. The molecule has 5 heteroatoms. The Hall–Kier alpha value is -0.200. The summed E-state index contributed by atoms with van der Waals surface area (Å²) in [6, 6.07) is -0.000300. The van der Waals surface area contributed by atoms with Crippen LogP contribution < -0.4 is 16.5 Å². The van der Waals surface area contributed by atoms with Crippen LogP contribution >= 0.6 is 0 Å². The van der Waals surface area contributed by atoms with E-state index in [4.69, 9.17) is 15.7 Å². The average Bonchev–Trinajstić information content (AvgIpc) is 2.22. The van der Waals surface area contributed by atoms with Crippen molar-refractivity contribution in [2.75, 3.05) is 26.4 Å². The first-order valence-corrected chi connectivity index (χ1v) is 5.14. The Bertz CT molecular complexity index is 125. The van der Waals surface area contributed by atoms with Gasteiger partial charge in [-0.2, -0.15) is 5.48 Å². The molecule has 1 unspecified atom stereocenters. The van der Waals surface area contributed by atoms with Crippen LogP contribution in [0.3, 0.4) is 0 Å². The van der Waals surface area contributed by atoms with Gasteiger partial charge in [-0.05, 0) is 5.92 Å². The molecule has 0 aliphatic rings. The number of nitrogens with two attached hydrogens (primary N) is 1. The Labute approximate surface area is 86.0 Å². The number of hydrogen-bond donors (Lipinski definition) is 4. The second kappa shape index (κ2) is 9.36. The first-order valence-electron chi connectivity index (χ1n) is 5.14. The minimum absolute atomic E-state index is 0.000300. The Morgan fingerprint density at radius 3 is 2.71 bits per heavy atom. The summed E-state index contributed by atoms with van der Waals surface area (Å²) in [5.41, 5.74) is 7.56. The van der Waals surface area contributed by atoms with E-state index in [9.17, 15) is 0 Å². The van der Waals surface area contributed by atoms with Gasteiger partial charge in [0.05, 0.1) is 19.4 Å². The third-order valence-corrected chi connectivity index (χ3v) is 2.32. The highest BCUT2D eigenvalue weighted by Crippen LogP contribution is 2.06. The molecule has 0 aromatic rings. The van der Waals surface area contributed by atoms with Crippen LogP contribution in [-0.4, -0.2) is 37.7 Å². The maximum Gasteiger partial charge on any atom is 0.0966 e. The van der Waals surface area contributed by atoms with Crippen LogP contribution in [0.15, 0.2) is 0 Å². The number of hydrogen-bond acceptors (Lipinski definition) is 5. The lowest BCUT2D eigenvalue weighted by molar-refractivity contribution is 0.0231. The van der Waals surface area contributed by atoms with E-state index in [0.717, 1.165) is 13.0 Å². The topological polar surface area (TPSA) is 79.5 Å². The molecule has 0 saturated carbocycles. The van der Waals surface area contributed by atoms with E-state index in [2.05, 4.69) is 24.6 Å². The van der Waals surface area contributed by atoms with Gasteiger partial charge in [-0.25, -0.2) is 0 Å². The molecule has 0 amide bonds. The molecule has 0 spiro atoms. The molecule has 5 nitrogen and oxygen atoms in total. The predicted octanol–water partition coefficient (Wildman–Crippen LogP) is -0.0977. The van der Waals surface area contributed by atoms with E-state index >= 15 is 0 Å². The van der Waals surface area contributed by atoms with Gasteiger partial charge in [-0.15, -0.1) is 0 Å². The van der Waals surface area contributed by atoms with Gasteiger partial charge < -0.3 is 15.7 Å². The summed E-state index contributed by atoms with van der Waals surface area (Å²) >= 11 is 0. The van der Waals surface area contributed by atoms with Crippen molar-refractivity contribution in [1.82, 2.24) is 10.8 Å². The monoisotopic (exact) mass is 205 g/mol. The number of rotatable bonds is 9. The minimum Gasteiger partial charge on any atom is -0.365 e. The van der Waals surface area contributed by atoms with Crippen LogP contribution in [0.25, 0.3) is 0 Å². The van der Waals surface area contributed by atoms with E-state index in [1.165, 1.54) is 0 Å². The van der Waals surface area contributed by atoms with Crippen LogP contribution in [0.5, 0.6) is 0 Å². The zero-order valence-corrected chi connectivity index (χ0v) is 9.12. The molecule has 0 heterocycles. The summed E-state index contributed by atoms with van der Waals surface area (Å²) in [7, 11) is 0. The van der Waals surface area contributed by atoms with Crippen LogP contribution in [0, 0.1) is 5.92 Å². The lowest BCUT2D eigenvalue weighted by atomic mass is 10.0. The Balaban J connectivity index is 3.42. The third-order valence-electron chi connectivity index (χ3n) is 2.32. The highest BCUT2D eigenvalue weighted by Gasteiger charge is 2.14. The predicted molar refractivity (Wildman–Crippen MR) is 56.0 cm³/mol. The van der Waals surface area contributed by atoms with E-state index in [0.29, 0.717) is 25.8 Å². The van der Waals surface area contributed by atoms with Crippen molar-refractivity contribution in [3.8, 4) is 0 Å². The Kier molecular flexibility index (Phi) is 9.23. The van der Waals surface area contributed by atoms with Gasteiger partial charge in [-0.3, -0.25) is 5.32 Å². The van der Waals surface area contributed by atoms with Crippen molar-refractivity contribution in [1.29, 1.82) is 0 Å². The van der Waals surface area contributed by atoms with Crippen molar-refractivity contribution in [2.24, 2.45) is 11.7 Å². The second-order valence-electron chi connectivity index (χ2n) is 3.42. The van der Waals surface area contributed by atoms with E-state index in [1.54, 1.807) is 0 Å². The number of nitrogens with one attached hydrogen (secondary N) is 2. The summed E-state index contributed by atoms with van der Waals surface area (Å²) in [6.07, 6.45) is 1.01. The van der Waals surface area contributed by atoms with Gasteiger partial charge >= 0.3 is 0 Å². The van der Waals surface area contributed by atoms with Crippen molar-refractivity contribution < 1.29 is 9.94 Å². The van der Waals surface area contributed by atoms with Gasteiger partial charge in [-0.1, -0.05) is 20.3 Å². The lowest BCUT2D eigenvalue weighted by Crippen LogP contribution is -2.38. The van der Waals surface area contributed by atoms with Gasteiger partial charge in [0.15, 0.2) is 0 Å². The molecule has 0 aliphatic heterocycles. The zero-order valence-electron chi connectivity index (χ0n) is 9.12. The molecule has 5 N–H and O–H groups in total. The number of hydroxylamine groups is 1. The lowest BCUT2D eigenvalue weighted by Gasteiger charge is -2.21. The van der Waals surface area contributed by atoms with Crippen LogP contribution in [-0.2, 0) is 4.74 Å². The molecule has 0 radical (unpaired) electrons. The highest BCUT2D eigenvalue weighted by atomic mass is 16.5. The fourth-order valence-electron chi connectivity index (χ4n) is 1.05. The normalized spacial score (nSPS) is 15.4. The fraction of sp³-hybridized carbons (Fsp3) is 1.00. The molecule has 0 aliphatic carbocycles. The Morgan fingerprint density at radius 1 is 1.50 bits per heavy atom. The quantitative estimate of drug-likeness (QED) is 0.240. The molecule has 0 fully saturated rings. The summed E-state index contributed by atoms with van der Waals surface area (Å²) in [5.74, 6) is 0.398. The first-order chi connectivity index (χ1) is 6.76. The molecule has 0 aromatic heterocycles. The highest BCUT2D eigenvalue weighted by molar-refractivity contribution is 4.67. The summed E-state index contributed by atoms with van der Waals surface area (Å²) < 4.78 is 5.32. The molecule has 86 valence electrons. The largest absolute Gasteiger partial charge is 0.365 e. The van der Waals surface area contributed by atoms with Crippen LogP contribution in [0.4, 0.5) is 0 Å². The standard InChI is InChI=1S/C9H23N3O2/c1-3-8(2)9(12-13)6-14-7-11-5-4-10/h8-9,11-13H,3-7,10H2,1-2H3/t8?,9-/m1/s1. The molecule has 0 bridgehead atoms. The summed E-state index contributed by atoms with van der Waals surface area (Å²) in [4.78, 5) is 0. The van der Waals surface area contributed by atoms with Gasteiger partial charge in [0.1, 0.15) is 0 Å². The maximum atomic E-state index is 8.86. The molecular formula is C9H23N3O2. The molecule has 0 aromatic carbocycles. The molecular weight excluding hydrogens is 182 g/mol. The molecule has 14 heavy (non-hydrogen) atoms. The number of ether oxygens (including phenoxy) is 1. The molecule has 0 saturated heterocycles. The van der Waals surface area contributed by atoms with Crippen molar-refractivity contribution in [3.05, 3.63) is 0 Å². The summed E-state index contributed by atoms with van der Waals surface area (Å²) in [5, 5.41) is 11.9. The second-order valence-corrected chi connectivity index (χ2v) is 3.42. The van der Waals surface area contributed by atoms with E-state index in [1.807, 2.05) is 0 Å². The first kappa shape index (κ1) is 13.8. The average molecular weight is 205 g/mol. The van der Waals surface area contributed by atoms with Crippen molar-refractivity contribution >= 4 is 0 Å². The zero-order chi connectivity index (χ0) is 10.8. The summed E-state index contributed by atoms with van der Waals surface area (Å²) in [6.45, 7) is 6.50. The van der Waals surface area contributed by atoms with Crippen LogP contribution in [0.2, 0.25) is 0 Å². The smallest absolute Gasteiger partial charge is 0.0966 e. The van der Waals surface area contributed by atoms with Crippen molar-refractivity contribution in [2.45, 2.75) is 26.3 Å². The molecule has 0 rings (SSSR count). The van der Waals surface area contributed by atoms with Gasteiger partial charge in [0.2, 0.25) is 0 Å². The van der Waals surface area contributed by atoms with E-state index < -0.39 is 0 Å². The maximum absolute atomic E-state index is 8.86. The molecule has 2 atom stereocenters. The van der Waals surface area contributed by atoms with Gasteiger partial charge in [0, 0.05) is 13.1 Å². The van der Waals surface area contributed by atoms with E-state index in [-0.39, 0.29) is 6.04 Å². The third kappa shape index (κ3) is 6.28. The van der Waals surface area contributed by atoms with Crippen molar-refractivity contribution in [3.63, 3.8) is 0 Å².